The van der Waals surface area contributed by atoms with Gasteiger partial charge in [0.2, 0.25) is 5.28 Å². The number of rotatable bonds is 4. The zero-order chi connectivity index (χ0) is 20.0. The highest BCUT2D eigenvalue weighted by Gasteiger charge is 2.44. The molecule has 2 aliphatic rings. The topological polar surface area (TPSA) is 129 Å². The second-order valence-corrected chi connectivity index (χ2v) is 7.88. The summed E-state index contributed by atoms with van der Waals surface area (Å²) in [4.78, 5) is 12.9. The monoisotopic (exact) mass is 412 g/mol. The van der Waals surface area contributed by atoms with Gasteiger partial charge in [0.15, 0.2) is 23.2 Å². The second-order valence-electron chi connectivity index (χ2n) is 7.54. The summed E-state index contributed by atoms with van der Waals surface area (Å²) in [7, 11) is 0. The first kappa shape index (κ1) is 19.7. The van der Waals surface area contributed by atoms with Crippen LogP contribution in [0.3, 0.4) is 0 Å². The van der Waals surface area contributed by atoms with Crippen molar-refractivity contribution in [2.75, 3.05) is 12.0 Å². The van der Waals surface area contributed by atoms with Gasteiger partial charge >= 0.3 is 0 Å². The highest BCUT2D eigenvalue weighted by atomic mass is 35.5. The molecule has 28 heavy (non-hydrogen) atoms. The number of nitrogens with one attached hydrogen (secondary N) is 1. The van der Waals surface area contributed by atoms with Gasteiger partial charge in [-0.05, 0) is 38.3 Å². The summed E-state index contributed by atoms with van der Waals surface area (Å²) in [5, 5.41) is 31.9. The molecule has 0 aliphatic carbocycles. The third-order valence-electron chi connectivity index (χ3n) is 5.61. The van der Waals surface area contributed by atoms with Gasteiger partial charge in [-0.3, -0.25) is 4.57 Å². The summed E-state index contributed by atoms with van der Waals surface area (Å²) in [6, 6.07) is 0.658. The van der Waals surface area contributed by atoms with Gasteiger partial charge in [-0.1, -0.05) is 6.42 Å². The molecule has 0 bridgehead atoms. The van der Waals surface area contributed by atoms with Crippen molar-refractivity contribution in [3.05, 3.63) is 11.6 Å². The molecule has 4 unspecified atom stereocenters. The number of aliphatic hydroxyl groups is 3. The van der Waals surface area contributed by atoms with Gasteiger partial charge in [0.1, 0.15) is 18.3 Å². The maximum Gasteiger partial charge on any atom is 0.226 e. The number of fused-ring (bicyclic) bond motifs is 1. The predicted molar refractivity (Wildman–Crippen MR) is 102 cm³/mol. The molecule has 4 rings (SSSR count). The van der Waals surface area contributed by atoms with Crippen LogP contribution >= 0.6 is 11.6 Å². The number of hydrazine groups is 1. The van der Waals surface area contributed by atoms with Crippen LogP contribution in [0.25, 0.3) is 11.2 Å². The van der Waals surface area contributed by atoms with E-state index >= 15 is 0 Å². The average Bonchev–Trinajstić information content (AvgIpc) is 3.19. The second kappa shape index (κ2) is 7.69. The van der Waals surface area contributed by atoms with E-state index in [-0.39, 0.29) is 5.28 Å². The molecule has 2 aromatic heterocycles. The lowest BCUT2D eigenvalue weighted by Crippen LogP contribution is -2.47. The lowest BCUT2D eigenvalue weighted by molar-refractivity contribution is -0.0511. The summed E-state index contributed by atoms with van der Waals surface area (Å²) in [5.41, 5.74) is 4.19. The summed E-state index contributed by atoms with van der Waals surface area (Å²) in [5.74, 6) is 0.473. The van der Waals surface area contributed by atoms with Gasteiger partial charge in [-0.25, -0.2) is 9.99 Å². The number of hydrogen-bond acceptors (Lipinski definition) is 9. The molecule has 2 aromatic rings. The number of nitrogens with zero attached hydrogens (tertiary/aromatic N) is 5. The van der Waals surface area contributed by atoms with Crippen LogP contribution in [0.15, 0.2) is 6.33 Å². The first-order valence-electron chi connectivity index (χ1n) is 9.48. The van der Waals surface area contributed by atoms with Crippen LogP contribution in [0.1, 0.15) is 39.3 Å². The minimum Gasteiger partial charge on any atom is -0.394 e. The fourth-order valence-electron chi connectivity index (χ4n) is 4.03. The number of piperidine rings is 1. The minimum absolute atomic E-state index is 0.0285. The highest BCUT2D eigenvalue weighted by Crippen LogP contribution is 2.33. The van der Waals surface area contributed by atoms with Crippen molar-refractivity contribution in [2.24, 2.45) is 0 Å². The summed E-state index contributed by atoms with van der Waals surface area (Å²) in [6.07, 6.45) is 0.530. The number of aromatic nitrogens is 4. The van der Waals surface area contributed by atoms with Crippen LogP contribution in [-0.4, -0.2) is 76.8 Å². The first-order valence-corrected chi connectivity index (χ1v) is 9.86. The zero-order valence-electron chi connectivity index (χ0n) is 15.7. The molecule has 4 heterocycles. The van der Waals surface area contributed by atoms with Crippen LogP contribution in [0, 0.1) is 0 Å². The summed E-state index contributed by atoms with van der Waals surface area (Å²) >= 11 is 6.16. The smallest absolute Gasteiger partial charge is 0.226 e. The summed E-state index contributed by atoms with van der Waals surface area (Å²) in [6.45, 7) is 3.90. The van der Waals surface area contributed by atoms with E-state index in [1.54, 1.807) is 0 Å². The fraction of sp³-hybridized carbons (Fsp3) is 0.706. The van der Waals surface area contributed by atoms with Gasteiger partial charge in [0.25, 0.3) is 0 Å². The highest BCUT2D eigenvalue weighted by molar-refractivity contribution is 6.28. The minimum atomic E-state index is -1.23. The van der Waals surface area contributed by atoms with E-state index in [1.807, 2.05) is 0 Å². The fourth-order valence-corrected chi connectivity index (χ4v) is 4.19. The average molecular weight is 413 g/mol. The number of imidazole rings is 1. The predicted octanol–water partition coefficient (Wildman–Crippen LogP) is 0.681. The Labute approximate surface area is 167 Å². The van der Waals surface area contributed by atoms with Gasteiger partial charge in [-0.2, -0.15) is 9.97 Å². The molecular weight excluding hydrogens is 388 g/mol. The van der Waals surface area contributed by atoms with Crippen molar-refractivity contribution in [3.63, 3.8) is 0 Å². The van der Waals surface area contributed by atoms with E-state index in [4.69, 9.17) is 16.3 Å². The quantitative estimate of drug-likeness (QED) is 0.535. The molecule has 11 heteroatoms. The molecule has 0 radical (unpaired) electrons. The van der Waals surface area contributed by atoms with Crippen molar-refractivity contribution >= 4 is 28.6 Å². The van der Waals surface area contributed by atoms with E-state index in [9.17, 15) is 15.3 Å². The number of aliphatic hydroxyl groups excluding tert-OH is 3. The molecule has 0 aromatic carbocycles. The number of halogens is 1. The number of ether oxygens (including phenoxy) is 1. The van der Waals surface area contributed by atoms with Gasteiger partial charge < -0.3 is 25.5 Å². The molecule has 2 saturated heterocycles. The maximum atomic E-state index is 10.3. The van der Waals surface area contributed by atoms with Gasteiger partial charge in [-0.15, -0.1) is 0 Å². The Morgan fingerprint density at radius 1 is 1.21 bits per heavy atom. The Balaban J connectivity index is 1.69. The van der Waals surface area contributed by atoms with Crippen LogP contribution < -0.4 is 5.43 Å². The van der Waals surface area contributed by atoms with E-state index < -0.39 is 31.1 Å². The molecule has 154 valence electrons. The van der Waals surface area contributed by atoms with Crippen LogP contribution in [0.5, 0.6) is 0 Å². The van der Waals surface area contributed by atoms with Crippen molar-refractivity contribution in [3.8, 4) is 0 Å². The van der Waals surface area contributed by atoms with E-state index in [2.05, 4.69) is 39.2 Å². The molecule has 0 saturated carbocycles. The van der Waals surface area contributed by atoms with Crippen LogP contribution in [-0.2, 0) is 4.74 Å². The van der Waals surface area contributed by atoms with Crippen LogP contribution in [0.4, 0.5) is 5.82 Å². The number of hydrogen-bond donors (Lipinski definition) is 4. The molecule has 0 amide bonds. The molecular formula is C17H25ClN6O4. The van der Waals surface area contributed by atoms with E-state index in [1.165, 1.54) is 17.3 Å². The summed E-state index contributed by atoms with van der Waals surface area (Å²) < 4.78 is 7.09. The van der Waals surface area contributed by atoms with E-state index in [0.29, 0.717) is 29.1 Å². The number of anilines is 1. The lowest BCUT2D eigenvalue weighted by atomic mass is 10.00. The van der Waals surface area contributed by atoms with Crippen LogP contribution in [0.2, 0.25) is 5.28 Å². The van der Waals surface area contributed by atoms with Crippen molar-refractivity contribution in [1.82, 2.24) is 24.5 Å². The Morgan fingerprint density at radius 3 is 2.57 bits per heavy atom. The first-order chi connectivity index (χ1) is 13.4. The van der Waals surface area contributed by atoms with Crippen molar-refractivity contribution in [2.45, 2.75) is 69.7 Å². The molecule has 6 atom stereocenters. The Hall–Kier alpha value is -1.56. The standard InChI is InChI=1S/C17H25ClN6O4/c1-8-4-3-5-9(2)24(8)22-14-11-15(21-17(18)20-14)23(7-19-11)16-13(27)12(26)10(6-25)28-16/h7-10,12-13,16,25-27H,3-6H2,1-2H3,(H,20,21,22)/t8?,9?,10-,12?,13?,16-/m1/s1. The Bertz CT molecular complexity index is 840. The SMILES string of the molecule is CC1CCCC(C)N1Nc1nc(Cl)nc2c1ncn2[C@@H]1O[C@H](CO)C(O)C1O. The normalized spacial score (nSPS) is 34.2. The lowest BCUT2D eigenvalue weighted by Gasteiger charge is -2.39. The van der Waals surface area contributed by atoms with Crippen molar-refractivity contribution < 1.29 is 20.1 Å². The molecule has 2 fully saturated rings. The third-order valence-corrected chi connectivity index (χ3v) is 5.78. The maximum absolute atomic E-state index is 10.3. The third kappa shape index (κ3) is 3.34. The van der Waals surface area contributed by atoms with Crippen molar-refractivity contribution in [1.29, 1.82) is 0 Å². The largest absolute Gasteiger partial charge is 0.394 e. The molecule has 2 aliphatic heterocycles. The van der Waals surface area contributed by atoms with Gasteiger partial charge in [0.05, 0.1) is 12.9 Å². The molecule has 4 N–H and O–H groups in total. The molecule has 0 spiro atoms. The Kier molecular flexibility index (Phi) is 5.43. The molecule has 10 nitrogen and oxygen atoms in total. The van der Waals surface area contributed by atoms with E-state index in [0.717, 1.165) is 12.8 Å². The van der Waals surface area contributed by atoms with Gasteiger partial charge in [0, 0.05) is 12.1 Å². The zero-order valence-corrected chi connectivity index (χ0v) is 16.5. The Morgan fingerprint density at radius 2 is 1.93 bits per heavy atom.